The van der Waals surface area contributed by atoms with Crippen LogP contribution < -0.4 is 10.6 Å². The number of carbonyl (C=O) groups excluding carboxylic acids is 1. The number of aryl methyl sites for hydroxylation is 1. The first-order valence-electron chi connectivity index (χ1n) is 15.1. The summed E-state index contributed by atoms with van der Waals surface area (Å²) in [5, 5.41) is 0.278. The van der Waals surface area contributed by atoms with Crippen LogP contribution in [-0.2, 0) is 16.1 Å². The number of anilines is 1. The lowest BCUT2D eigenvalue weighted by Crippen LogP contribution is -2.54. The van der Waals surface area contributed by atoms with Gasteiger partial charge in [0.05, 0.1) is 29.5 Å². The van der Waals surface area contributed by atoms with Crippen molar-refractivity contribution in [2.75, 3.05) is 24.5 Å². The van der Waals surface area contributed by atoms with E-state index in [9.17, 15) is 9.59 Å². The van der Waals surface area contributed by atoms with Crippen LogP contribution in [0.4, 0.5) is 14.6 Å². The monoisotopic (exact) mass is 616 g/mol. The molecule has 4 aromatic rings. The Bertz CT molecular complexity index is 1840. The van der Waals surface area contributed by atoms with E-state index in [0.29, 0.717) is 36.6 Å². The van der Waals surface area contributed by atoms with Gasteiger partial charge in [-0.1, -0.05) is 32.6 Å². The number of hydrogen-bond acceptors (Lipinski definition) is 7. The third kappa shape index (κ3) is 6.09. The first kappa shape index (κ1) is 31.9. The molecule has 0 bridgehead atoms. The Morgan fingerprint density at radius 1 is 1.13 bits per heavy atom. The van der Waals surface area contributed by atoms with Crippen LogP contribution in [0.25, 0.3) is 28.0 Å². The summed E-state index contributed by atoms with van der Waals surface area (Å²) >= 11 is 0. The summed E-state index contributed by atoms with van der Waals surface area (Å²) < 4.78 is 38.9. The molecule has 4 heterocycles. The molecule has 0 N–H and O–H groups in total. The minimum atomic E-state index is -0.772. The molecule has 0 unspecified atom stereocenters. The molecule has 1 aliphatic rings. The predicted molar refractivity (Wildman–Crippen MR) is 171 cm³/mol. The summed E-state index contributed by atoms with van der Waals surface area (Å²) in [5.41, 5.74) is 1.53. The minimum Gasteiger partial charge on any atom is -0.374 e. The van der Waals surface area contributed by atoms with E-state index in [0.717, 1.165) is 5.56 Å². The van der Waals surface area contributed by atoms with Crippen LogP contribution in [0.2, 0.25) is 0 Å². The van der Waals surface area contributed by atoms with Gasteiger partial charge in [0, 0.05) is 37.4 Å². The summed E-state index contributed by atoms with van der Waals surface area (Å²) in [6.07, 6.45) is 2.80. The van der Waals surface area contributed by atoms with Gasteiger partial charge in [-0.25, -0.2) is 23.1 Å². The fourth-order valence-electron chi connectivity index (χ4n) is 5.80. The maximum absolute atomic E-state index is 16.3. The number of aromatic nitrogens is 4. The van der Waals surface area contributed by atoms with Crippen molar-refractivity contribution in [1.29, 1.82) is 0 Å². The zero-order valence-electron chi connectivity index (χ0n) is 26.5. The van der Waals surface area contributed by atoms with Gasteiger partial charge in [0.25, 0.3) is 0 Å². The number of halogens is 2. The SMILES string of the molecule is C=CC(=O)N1CCN(c2nc(=O)n(-c3c(C)ccnc3C(C)C)c3nc(-c4c(F)cccc4COC(C)C)c(F)cc23)[C@@H](C)C1. The molecule has 45 heavy (non-hydrogen) atoms. The van der Waals surface area contributed by atoms with Gasteiger partial charge in [0.1, 0.15) is 23.1 Å². The van der Waals surface area contributed by atoms with E-state index < -0.39 is 17.3 Å². The van der Waals surface area contributed by atoms with Gasteiger partial charge in [-0.05, 0) is 69.0 Å². The standard InChI is InChI=1S/C34H38F2N6O3/c1-8-27(43)40-14-15-41(22(7)17-40)32-24-16-26(36)30(28-23(18-45-20(4)5)10-9-11-25(28)35)38-33(24)42(34(44)39-32)31-21(6)12-13-37-29(31)19(2)3/h8-13,16,19-20,22H,1,14-15,17-18H2,2-7H3/t22-/m0/s1. The highest BCUT2D eigenvalue weighted by atomic mass is 19.1. The molecule has 11 heteroatoms. The zero-order valence-corrected chi connectivity index (χ0v) is 26.5. The smallest absolute Gasteiger partial charge is 0.355 e. The molecule has 1 amide bonds. The van der Waals surface area contributed by atoms with E-state index in [-0.39, 0.29) is 58.7 Å². The molecular formula is C34H38F2N6O3. The number of carbonyl (C=O) groups is 1. The lowest BCUT2D eigenvalue weighted by molar-refractivity contribution is -0.126. The number of rotatable bonds is 8. The fourth-order valence-corrected chi connectivity index (χ4v) is 5.80. The van der Waals surface area contributed by atoms with Crippen LogP contribution in [0.5, 0.6) is 0 Å². The summed E-state index contributed by atoms with van der Waals surface area (Å²) in [6, 6.07) is 7.26. The molecule has 1 aliphatic heterocycles. The molecule has 1 saturated heterocycles. The topological polar surface area (TPSA) is 93.5 Å². The molecule has 0 radical (unpaired) electrons. The third-order valence-electron chi connectivity index (χ3n) is 8.02. The van der Waals surface area contributed by atoms with Crippen molar-refractivity contribution >= 4 is 22.8 Å². The first-order valence-corrected chi connectivity index (χ1v) is 15.1. The van der Waals surface area contributed by atoms with E-state index >= 15 is 8.78 Å². The Kier molecular flexibility index (Phi) is 9.11. The van der Waals surface area contributed by atoms with E-state index in [2.05, 4.69) is 16.5 Å². The second-order valence-electron chi connectivity index (χ2n) is 11.9. The lowest BCUT2D eigenvalue weighted by atomic mass is 10.0. The number of amides is 1. The largest absolute Gasteiger partial charge is 0.374 e. The van der Waals surface area contributed by atoms with Crippen LogP contribution in [-0.4, -0.2) is 62.1 Å². The number of nitrogens with zero attached hydrogens (tertiary/aromatic N) is 6. The van der Waals surface area contributed by atoms with Crippen molar-refractivity contribution in [3.63, 3.8) is 0 Å². The van der Waals surface area contributed by atoms with Crippen molar-refractivity contribution in [2.24, 2.45) is 0 Å². The van der Waals surface area contributed by atoms with Gasteiger partial charge < -0.3 is 14.5 Å². The van der Waals surface area contributed by atoms with Crippen LogP contribution in [0, 0.1) is 18.6 Å². The summed E-state index contributed by atoms with van der Waals surface area (Å²) in [7, 11) is 0. The number of fused-ring (bicyclic) bond motifs is 1. The van der Waals surface area contributed by atoms with E-state index in [1.54, 1.807) is 29.3 Å². The van der Waals surface area contributed by atoms with Crippen LogP contribution in [0.15, 0.2) is 54.0 Å². The summed E-state index contributed by atoms with van der Waals surface area (Å²) in [6.45, 7) is 16.1. The highest BCUT2D eigenvalue weighted by Gasteiger charge is 2.31. The van der Waals surface area contributed by atoms with Crippen molar-refractivity contribution in [3.8, 4) is 16.9 Å². The second kappa shape index (κ2) is 12.8. The first-order chi connectivity index (χ1) is 21.4. The maximum atomic E-state index is 16.3. The second-order valence-corrected chi connectivity index (χ2v) is 11.9. The molecule has 5 rings (SSSR count). The third-order valence-corrected chi connectivity index (χ3v) is 8.02. The number of hydrogen-bond donors (Lipinski definition) is 0. The molecular weight excluding hydrogens is 578 g/mol. The maximum Gasteiger partial charge on any atom is 0.355 e. The Labute approximate surface area is 261 Å². The normalized spacial score (nSPS) is 15.4. The quantitative estimate of drug-likeness (QED) is 0.235. The molecule has 1 fully saturated rings. The van der Waals surface area contributed by atoms with Gasteiger partial charge in [0.2, 0.25) is 5.91 Å². The molecule has 0 spiro atoms. The van der Waals surface area contributed by atoms with Crippen molar-refractivity contribution in [3.05, 3.63) is 88.1 Å². The van der Waals surface area contributed by atoms with Gasteiger partial charge in [-0.3, -0.25) is 9.78 Å². The van der Waals surface area contributed by atoms with Gasteiger partial charge in [-0.15, -0.1) is 0 Å². The molecule has 1 atom stereocenters. The Morgan fingerprint density at radius 2 is 1.89 bits per heavy atom. The Balaban J connectivity index is 1.82. The van der Waals surface area contributed by atoms with E-state index in [4.69, 9.17) is 9.72 Å². The average molecular weight is 617 g/mol. The number of pyridine rings is 2. The molecule has 9 nitrogen and oxygen atoms in total. The number of benzene rings is 1. The lowest BCUT2D eigenvalue weighted by Gasteiger charge is -2.40. The Morgan fingerprint density at radius 3 is 2.56 bits per heavy atom. The Hall–Kier alpha value is -4.51. The van der Waals surface area contributed by atoms with E-state index in [1.807, 2.05) is 46.4 Å². The minimum absolute atomic E-state index is 0.0353. The highest BCUT2D eigenvalue weighted by molar-refractivity contribution is 5.91. The highest BCUT2D eigenvalue weighted by Crippen LogP contribution is 2.35. The van der Waals surface area contributed by atoms with Crippen LogP contribution >= 0.6 is 0 Å². The molecule has 3 aromatic heterocycles. The predicted octanol–water partition coefficient (Wildman–Crippen LogP) is 5.70. The van der Waals surface area contributed by atoms with Gasteiger partial charge in [0.15, 0.2) is 5.65 Å². The molecule has 1 aromatic carbocycles. The van der Waals surface area contributed by atoms with Gasteiger partial charge >= 0.3 is 5.69 Å². The van der Waals surface area contributed by atoms with E-state index in [1.165, 1.54) is 22.8 Å². The summed E-state index contributed by atoms with van der Waals surface area (Å²) in [4.78, 5) is 43.7. The molecule has 236 valence electrons. The molecule has 0 aliphatic carbocycles. The average Bonchev–Trinajstić information content (AvgIpc) is 2.99. The van der Waals surface area contributed by atoms with Crippen molar-refractivity contribution in [2.45, 2.75) is 66.2 Å². The van der Waals surface area contributed by atoms with Crippen LogP contribution in [0.1, 0.15) is 57.4 Å². The summed E-state index contributed by atoms with van der Waals surface area (Å²) in [5.74, 6) is -1.45. The molecule has 0 saturated carbocycles. The number of ether oxygens (including phenoxy) is 1. The number of piperazine rings is 1. The van der Waals surface area contributed by atoms with Crippen molar-refractivity contribution in [1.82, 2.24) is 24.4 Å². The fraction of sp³-hybridized carbons (Fsp3) is 0.382. The van der Waals surface area contributed by atoms with Crippen LogP contribution in [0.3, 0.4) is 0 Å². The van der Waals surface area contributed by atoms with Gasteiger partial charge in [-0.2, -0.15) is 4.98 Å². The van der Waals surface area contributed by atoms with Crippen molar-refractivity contribution < 1.29 is 18.3 Å². The zero-order chi connectivity index (χ0) is 32.6.